The highest BCUT2D eigenvalue weighted by Crippen LogP contribution is 2.65. The van der Waals surface area contributed by atoms with E-state index >= 15 is 0 Å². The minimum absolute atomic E-state index is 0.0926. The van der Waals surface area contributed by atoms with Crippen LogP contribution in [0.3, 0.4) is 0 Å². The lowest BCUT2D eigenvalue weighted by Gasteiger charge is -2.56. The Hall–Kier alpha value is -1.01. The number of hydrogen-bond donors (Lipinski definition) is 1. The van der Waals surface area contributed by atoms with Crippen molar-refractivity contribution < 1.29 is 14.6 Å². The number of ether oxygens (including phenoxy) is 1. The summed E-state index contributed by atoms with van der Waals surface area (Å²) in [5, 5.41) is 11.0. The van der Waals surface area contributed by atoms with Gasteiger partial charge in [0.05, 0.1) is 0 Å². The van der Waals surface area contributed by atoms with Crippen LogP contribution in [0.25, 0.3) is 0 Å². The number of carbonyl (C=O) groups excluding carboxylic acids is 1. The SMILES string of the molecule is C#C[C@]1(O)CC[C@H]2[C@@H]3CC[C@H]4C[C@H](OC(C)=O)CC[C@@H]4[C@H]3CC[C@@]21C. The quantitative estimate of drug-likeness (QED) is 0.579. The van der Waals surface area contributed by atoms with Crippen LogP contribution in [0, 0.1) is 47.3 Å². The van der Waals surface area contributed by atoms with Gasteiger partial charge in [-0.05, 0) is 87.4 Å². The maximum atomic E-state index is 11.3. The molecule has 4 rings (SSSR count). The molecule has 25 heavy (non-hydrogen) atoms. The molecule has 0 heterocycles. The largest absolute Gasteiger partial charge is 0.463 e. The van der Waals surface area contributed by atoms with E-state index in [1.54, 1.807) is 0 Å². The third-order valence-electron chi connectivity index (χ3n) is 8.63. The van der Waals surface area contributed by atoms with Crippen molar-refractivity contribution in [3.63, 3.8) is 0 Å². The number of esters is 1. The van der Waals surface area contributed by atoms with E-state index in [1.807, 2.05) is 0 Å². The van der Waals surface area contributed by atoms with Gasteiger partial charge in [0.15, 0.2) is 0 Å². The fraction of sp³-hybridized carbons (Fsp3) is 0.864. The molecule has 0 bridgehead atoms. The molecule has 0 spiro atoms. The maximum absolute atomic E-state index is 11.3. The van der Waals surface area contributed by atoms with Gasteiger partial charge in [0.1, 0.15) is 11.7 Å². The second-order valence-corrected chi connectivity index (χ2v) is 9.48. The van der Waals surface area contributed by atoms with Gasteiger partial charge < -0.3 is 9.84 Å². The summed E-state index contributed by atoms with van der Waals surface area (Å²) >= 11 is 0. The van der Waals surface area contributed by atoms with Crippen molar-refractivity contribution in [2.45, 2.75) is 83.3 Å². The fourth-order valence-electron chi connectivity index (χ4n) is 7.41. The van der Waals surface area contributed by atoms with Gasteiger partial charge in [-0.2, -0.15) is 0 Å². The average Bonchev–Trinajstić information content (AvgIpc) is 2.86. The molecule has 3 nitrogen and oxygen atoms in total. The van der Waals surface area contributed by atoms with Crippen molar-refractivity contribution >= 4 is 5.97 Å². The van der Waals surface area contributed by atoms with Crippen molar-refractivity contribution in [2.24, 2.45) is 35.0 Å². The number of aliphatic hydroxyl groups is 1. The molecule has 8 atom stereocenters. The van der Waals surface area contributed by atoms with Crippen molar-refractivity contribution in [1.82, 2.24) is 0 Å². The number of rotatable bonds is 1. The monoisotopic (exact) mass is 344 g/mol. The molecule has 3 heteroatoms. The minimum Gasteiger partial charge on any atom is -0.463 e. The van der Waals surface area contributed by atoms with Crippen LogP contribution in [-0.2, 0) is 9.53 Å². The van der Waals surface area contributed by atoms with E-state index in [0.29, 0.717) is 5.92 Å². The number of carbonyl (C=O) groups is 1. The lowest BCUT2D eigenvalue weighted by atomic mass is 9.49. The van der Waals surface area contributed by atoms with Crippen LogP contribution in [0.2, 0.25) is 0 Å². The zero-order chi connectivity index (χ0) is 17.8. The van der Waals surface area contributed by atoms with Crippen LogP contribution in [0.5, 0.6) is 0 Å². The smallest absolute Gasteiger partial charge is 0.302 e. The Kier molecular flexibility index (Phi) is 4.19. The van der Waals surface area contributed by atoms with E-state index in [4.69, 9.17) is 11.2 Å². The molecule has 4 saturated carbocycles. The molecule has 138 valence electrons. The maximum Gasteiger partial charge on any atom is 0.302 e. The van der Waals surface area contributed by atoms with Crippen molar-refractivity contribution in [1.29, 1.82) is 0 Å². The zero-order valence-corrected chi connectivity index (χ0v) is 15.7. The molecule has 0 aromatic rings. The lowest BCUT2D eigenvalue weighted by Crippen LogP contribution is -2.53. The predicted molar refractivity (Wildman–Crippen MR) is 96.4 cm³/mol. The molecular weight excluding hydrogens is 312 g/mol. The molecule has 4 aliphatic carbocycles. The minimum atomic E-state index is -0.896. The van der Waals surface area contributed by atoms with Crippen LogP contribution in [0.1, 0.15) is 71.6 Å². The van der Waals surface area contributed by atoms with Crippen LogP contribution < -0.4 is 0 Å². The van der Waals surface area contributed by atoms with Gasteiger partial charge in [-0.3, -0.25) is 4.79 Å². The Labute approximate surface area is 151 Å². The van der Waals surface area contributed by atoms with Gasteiger partial charge >= 0.3 is 5.97 Å². The van der Waals surface area contributed by atoms with E-state index in [1.165, 1.54) is 32.6 Å². The Morgan fingerprint density at radius 1 is 1.08 bits per heavy atom. The van der Waals surface area contributed by atoms with Crippen LogP contribution >= 0.6 is 0 Å². The highest BCUT2D eigenvalue weighted by Gasteiger charge is 2.62. The summed E-state index contributed by atoms with van der Waals surface area (Å²) < 4.78 is 5.51. The van der Waals surface area contributed by atoms with Crippen molar-refractivity contribution in [2.75, 3.05) is 0 Å². The van der Waals surface area contributed by atoms with E-state index < -0.39 is 5.60 Å². The zero-order valence-electron chi connectivity index (χ0n) is 15.7. The fourth-order valence-corrected chi connectivity index (χ4v) is 7.41. The molecule has 4 aliphatic rings. The summed E-state index contributed by atoms with van der Waals surface area (Å²) in [6.07, 6.45) is 15.8. The molecule has 0 saturated heterocycles. The van der Waals surface area contributed by atoms with E-state index in [9.17, 15) is 9.90 Å². The average molecular weight is 344 g/mol. The van der Waals surface area contributed by atoms with Crippen molar-refractivity contribution in [3.05, 3.63) is 0 Å². The Bertz CT molecular complexity index is 593. The van der Waals surface area contributed by atoms with Gasteiger partial charge in [0, 0.05) is 12.3 Å². The van der Waals surface area contributed by atoms with E-state index in [-0.39, 0.29) is 17.5 Å². The Morgan fingerprint density at radius 3 is 2.56 bits per heavy atom. The standard InChI is InChI=1S/C22H32O3/c1-4-22(24)12-10-20-19-7-5-15-13-16(25-14(2)23)6-8-17(15)18(19)9-11-21(20,22)3/h1,15-20,24H,5-13H2,2-3H3/t15-,16+,17-,18+,19+,20-,21-,22-/m0/s1. The first-order valence-electron chi connectivity index (χ1n) is 10.3. The van der Waals surface area contributed by atoms with Gasteiger partial charge in [-0.25, -0.2) is 0 Å². The van der Waals surface area contributed by atoms with Crippen LogP contribution in [-0.4, -0.2) is 22.8 Å². The molecule has 0 aromatic heterocycles. The topological polar surface area (TPSA) is 46.5 Å². The third-order valence-corrected chi connectivity index (χ3v) is 8.63. The summed E-state index contributed by atoms with van der Waals surface area (Å²) in [6, 6.07) is 0. The number of fused-ring (bicyclic) bond motifs is 5. The van der Waals surface area contributed by atoms with Gasteiger partial charge in [0.2, 0.25) is 0 Å². The molecule has 0 radical (unpaired) electrons. The first-order chi connectivity index (χ1) is 11.9. The Morgan fingerprint density at radius 2 is 1.84 bits per heavy atom. The predicted octanol–water partition coefficient (Wildman–Crippen LogP) is 3.94. The number of hydrogen-bond acceptors (Lipinski definition) is 3. The van der Waals surface area contributed by atoms with Crippen LogP contribution in [0.15, 0.2) is 0 Å². The second kappa shape index (κ2) is 6.02. The summed E-state index contributed by atoms with van der Waals surface area (Å²) in [6.45, 7) is 3.78. The summed E-state index contributed by atoms with van der Waals surface area (Å²) in [4.78, 5) is 11.3. The highest BCUT2D eigenvalue weighted by molar-refractivity contribution is 5.66. The van der Waals surface area contributed by atoms with Crippen molar-refractivity contribution in [3.8, 4) is 12.3 Å². The number of terminal acetylenes is 1. The van der Waals surface area contributed by atoms with E-state index in [0.717, 1.165) is 55.8 Å². The molecule has 0 amide bonds. The van der Waals surface area contributed by atoms with E-state index in [2.05, 4.69) is 12.8 Å². The summed E-state index contributed by atoms with van der Waals surface area (Å²) in [5.74, 6) is 6.23. The molecule has 0 aromatic carbocycles. The third kappa shape index (κ3) is 2.55. The highest BCUT2D eigenvalue weighted by atomic mass is 16.5. The second-order valence-electron chi connectivity index (χ2n) is 9.48. The molecule has 1 N–H and O–H groups in total. The molecular formula is C22H32O3. The van der Waals surface area contributed by atoms with Gasteiger partial charge in [0.25, 0.3) is 0 Å². The van der Waals surface area contributed by atoms with Gasteiger partial charge in [-0.15, -0.1) is 6.42 Å². The first kappa shape index (κ1) is 17.4. The normalized spacial score (nSPS) is 51.6. The molecule has 4 fully saturated rings. The Balaban J connectivity index is 1.50. The molecule has 0 unspecified atom stereocenters. The van der Waals surface area contributed by atoms with Crippen LogP contribution in [0.4, 0.5) is 0 Å². The van der Waals surface area contributed by atoms with Gasteiger partial charge in [-0.1, -0.05) is 12.8 Å². The first-order valence-corrected chi connectivity index (χ1v) is 10.3. The summed E-state index contributed by atoms with van der Waals surface area (Å²) in [5.41, 5.74) is -0.989. The lowest BCUT2D eigenvalue weighted by molar-refractivity contribution is -0.153. The molecule has 0 aliphatic heterocycles. The summed E-state index contributed by atoms with van der Waals surface area (Å²) in [7, 11) is 0.